The molecule has 2 aromatic heterocycles. The fourth-order valence-electron chi connectivity index (χ4n) is 5.48. The van der Waals surface area contributed by atoms with Crippen LogP contribution in [-0.2, 0) is 11.2 Å². The van der Waals surface area contributed by atoms with Gasteiger partial charge in [0.2, 0.25) is 11.8 Å². The molecule has 6 rings (SSSR count). The van der Waals surface area contributed by atoms with Crippen LogP contribution in [0.1, 0.15) is 52.0 Å². The Labute approximate surface area is 265 Å². The van der Waals surface area contributed by atoms with Crippen molar-refractivity contribution in [2.24, 2.45) is 0 Å². The average molecular weight is 617 g/mol. The summed E-state index contributed by atoms with van der Waals surface area (Å²) in [5, 5.41) is 17.1. The highest BCUT2D eigenvalue weighted by Crippen LogP contribution is 2.30. The maximum absolute atomic E-state index is 12.5. The molecule has 2 heterocycles. The van der Waals surface area contributed by atoms with Gasteiger partial charge in [-0.1, -0.05) is 30.3 Å². The van der Waals surface area contributed by atoms with Gasteiger partial charge < -0.3 is 25.2 Å². The first kappa shape index (κ1) is 30.3. The predicted molar refractivity (Wildman–Crippen MR) is 172 cm³/mol. The highest BCUT2D eigenvalue weighted by atomic mass is 16.5. The van der Waals surface area contributed by atoms with E-state index in [4.69, 9.17) is 9.47 Å². The maximum atomic E-state index is 12.5. The zero-order valence-electron chi connectivity index (χ0n) is 24.9. The molecule has 0 aliphatic heterocycles. The van der Waals surface area contributed by atoms with E-state index in [1.54, 1.807) is 61.1 Å². The van der Waals surface area contributed by atoms with Gasteiger partial charge in [-0.15, -0.1) is 0 Å². The molecular weight excluding hydrogens is 584 g/mol. The molecular formula is C36H32N4O6. The Morgan fingerprint density at radius 2 is 1.54 bits per heavy atom. The molecule has 0 unspecified atom stereocenters. The number of carboxylic acid groups (broad SMARTS) is 1. The number of rotatable bonds is 10. The molecule has 3 aromatic carbocycles. The molecule has 1 aliphatic carbocycles. The molecule has 10 heteroatoms. The van der Waals surface area contributed by atoms with Crippen molar-refractivity contribution in [3.8, 4) is 17.4 Å². The second kappa shape index (κ2) is 13.9. The van der Waals surface area contributed by atoms with Crippen molar-refractivity contribution >= 4 is 34.2 Å². The van der Waals surface area contributed by atoms with Crippen molar-refractivity contribution in [3.05, 3.63) is 120 Å². The topological polar surface area (TPSA) is 140 Å². The van der Waals surface area contributed by atoms with Crippen molar-refractivity contribution in [2.75, 3.05) is 5.32 Å². The maximum Gasteiger partial charge on any atom is 0.337 e. The van der Waals surface area contributed by atoms with Crippen LogP contribution in [0.15, 0.2) is 104 Å². The van der Waals surface area contributed by atoms with Gasteiger partial charge in [-0.3, -0.25) is 14.6 Å². The molecule has 0 spiro atoms. The Morgan fingerprint density at radius 1 is 0.826 bits per heavy atom. The molecule has 5 aromatic rings. The quantitative estimate of drug-likeness (QED) is 0.163. The van der Waals surface area contributed by atoms with Crippen molar-refractivity contribution in [1.29, 1.82) is 0 Å². The minimum absolute atomic E-state index is 0.0282. The number of hydrogen-bond acceptors (Lipinski definition) is 7. The number of nitrogens with zero attached hydrogens (tertiary/aromatic N) is 2. The predicted octanol–water partition coefficient (Wildman–Crippen LogP) is 6.42. The van der Waals surface area contributed by atoms with Gasteiger partial charge in [0, 0.05) is 36.3 Å². The van der Waals surface area contributed by atoms with Crippen LogP contribution in [0.2, 0.25) is 0 Å². The second-order valence-electron chi connectivity index (χ2n) is 11.2. The van der Waals surface area contributed by atoms with Gasteiger partial charge >= 0.3 is 5.97 Å². The zero-order chi connectivity index (χ0) is 31.9. The summed E-state index contributed by atoms with van der Waals surface area (Å²) in [6, 6.07) is 25.0. The monoisotopic (exact) mass is 616 g/mol. The summed E-state index contributed by atoms with van der Waals surface area (Å²) < 4.78 is 12.3. The second-order valence-corrected chi connectivity index (χ2v) is 11.2. The van der Waals surface area contributed by atoms with Gasteiger partial charge in [0.25, 0.3) is 5.91 Å². The number of anilines is 1. The third-order valence-corrected chi connectivity index (χ3v) is 7.85. The van der Waals surface area contributed by atoms with Crippen LogP contribution in [-0.4, -0.2) is 45.0 Å². The van der Waals surface area contributed by atoms with E-state index in [9.17, 15) is 19.5 Å². The third kappa shape index (κ3) is 7.65. The number of aromatic carboxylic acids is 1. The van der Waals surface area contributed by atoms with Gasteiger partial charge in [0.15, 0.2) is 0 Å². The number of fused-ring (bicyclic) bond motifs is 1. The molecule has 232 valence electrons. The summed E-state index contributed by atoms with van der Waals surface area (Å²) in [5.41, 5.74) is 1.55. The fourth-order valence-corrected chi connectivity index (χ4v) is 5.48. The number of para-hydroxylation sites is 1. The molecule has 2 amide bonds. The Bertz CT molecular complexity index is 1850. The number of nitrogens with one attached hydrogen (secondary N) is 2. The van der Waals surface area contributed by atoms with E-state index >= 15 is 0 Å². The molecule has 46 heavy (non-hydrogen) atoms. The SMILES string of the molecule is O=C(Cc1ccc(Oc2ccc3cc(OC4CCC(NC(=O)c5ccncc5)CC4)ccc3c2)nc1)Nc1ccccc1C(=O)O. The molecule has 0 atom stereocenters. The van der Waals surface area contributed by atoms with Gasteiger partial charge in [-0.05, 0) is 90.6 Å². The molecule has 10 nitrogen and oxygen atoms in total. The van der Waals surface area contributed by atoms with Crippen LogP contribution >= 0.6 is 0 Å². The average Bonchev–Trinajstić information content (AvgIpc) is 3.07. The number of carboxylic acids is 1. The summed E-state index contributed by atoms with van der Waals surface area (Å²) in [4.78, 5) is 44.6. The van der Waals surface area contributed by atoms with Gasteiger partial charge in [0.1, 0.15) is 11.5 Å². The number of pyridine rings is 2. The summed E-state index contributed by atoms with van der Waals surface area (Å²) >= 11 is 0. The number of hydrogen-bond donors (Lipinski definition) is 3. The largest absolute Gasteiger partial charge is 0.490 e. The third-order valence-electron chi connectivity index (χ3n) is 7.85. The van der Waals surface area contributed by atoms with Crippen molar-refractivity contribution in [1.82, 2.24) is 15.3 Å². The van der Waals surface area contributed by atoms with Crippen molar-refractivity contribution in [2.45, 2.75) is 44.2 Å². The lowest BCUT2D eigenvalue weighted by Gasteiger charge is -2.29. The summed E-state index contributed by atoms with van der Waals surface area (Å²) in [7, 11) is 0. The van der Waals surface area contributed by atoms with E-state index in [0.717, 1.165) is 42.2 Å². The zero-order valence-corrected chi connectivity index (χ0v) is 24.9. The minimum Gasteiger partial charge on any atom is -0.490 e. The van der Waals surface area contributed by atoms with E-state index in [1.165, 1.54) is 6.07 Å². The lowest BCUT2D eigenvalue weighted by molar-refractivity contribution is -0.115. The van der Waals surface area contributed by atoms with Gasteiger partial charge in [0.05, 0.1) is 23.8 Å². The first-order chi connectivity index (χ1) is 22.4. The summed E-state index contributed by atoms with van der Waals surface area (Å²) in [5.74, 6) is 0.281. The molecule has 1 fully saturated rings. The van der Waals surface area contributed by atoms with E-state index in [0.29, 0.717) is 22.8 Å². The first-order valence-electron chi connectivity index (χ1n) is 15.1. The molecule has 3 N–H and O–H groups in total. The van der Waals surface area contributed by atoms with Crippen LogP contribution in [0, 0.1) is 0 Å². The van der Waals surface area contributed by atoms with Crippen LogP contribution in [0.25, 0.3) is 10.8 Å². The summed E-state index contributed by atoms with van der Waals surface area (Å²) in [6.45, 7) is 0. The normalized spacial score (nSPS) is 15.9. The molecule has 0 saturated heterocycles. The van der Waals surface area contributed by atoms with Gasteiger partial charge in [-0.2, -0.15) is 0 Å². The Kier molecular flexibility index (Phi) is 9.14. The van der Waals surface area contributed by atoms with E-state index in [1.807, 2.05) is 36.4 Å². The number of carbonyl (C=O) groups is 3. The van der Waals surface area contributed by atoms with E-state index < -0.39 is 5.97 Å². The van der Waals surface area contributed by atoms with E-state index in [2.05, 4.69) is 20.6 Å². The van der Waals surface area contributed by atoms with Crippen LogP contribution < -0.4 is 20.1 Å². The van der Waals surface area contributed by atoms with Crippen LogP contribution in [0.3, 0.4) is 0 Å². The van der Waals surface area contributed by atoms with Crippen LogP contribution in [0.5, 0.6) is 17.4 Å². The van der Waals surface area contributed by atoms with Crippen molar-refractivity contribution < 1.29 is 29.0 Å². The standard InChI is InChI=1S/C36H32N4O6/c41-33(40-32-4-2-1-3-31(32)36(43)44)19-23-5-14-34(38-22-23)46-30-11-7-25-20-29(10-6-26(25)21-30)45-28-12-8-27(9-13-28)39-35(42)24-15-17-37-18-16-24/h1-7,10-11,14-18,20-22,27-28H,8-9,12-13,19H2,(H,39,42)(H,40,41)(H,43,44). The lowest BCUT2D eigenvalue weighted by atomic mass is 9.92. The number of aromatic nitrogens is 2. The fraction of sp³-hybridized carbons (Fsp3) is 0.194. The Morgan fingerprint density at radius 3 is 2.26 bits per heavy atom. The number of benzene rings is 3. The highest BCUT2D eigenvalue weighted by molar-refractivity contribution is 6.01. The molecule has 0 bridgehead atoms. The Hall–Kier alpha value is -5.77. The van der Waals surface area contributed by atoms with Crippen LogP contribution in [0.4, 0.5) is 5.69 Å². The summed E-state index contributed by atoms with van der Waals surface area (Å²) in [6.07, 6.45) is 8.37. The Balaban J connectivity index is 0.995. The lowest BCUT2D eigenvalue weighted by Crippen LogP contribution is -2.39. The number of ether oxygens (including phenoxy) is 2. The molecule has 1 saturated carbocycles. The first-order valence-corrected chi connectivity index (χ1v) is 15.1. The minimum atomic E-state index is -1.11. The highest BCUT2D eigenvalue weighted by Gasteiger charge is 2.24. The smallest absolute Gasteiger partial charge is 0.337 e. The van der Waals surface area contributed by atoms with Gasteiger partial charge in [-0.25, -0.2) is 9.78 Å². The molecule has 0 radical (unpaired) electrons. The number of carbonyl (C=O) groups excluding carboxylic acids is 2. The molecule has 1 aliphatic rings. The van der Waals surface area contributed by atoms with Crippen molar-refractivity contribution in [3.63, 3.8) is 0 Å². The number of amides is 2. The van der Waals surface area contributed by atoms with E-state index in [-0.39, 0.29) is 41.6 Å².